The third kappa shape index (κ3) is 6.31. The van der Waals surface area contributed by atoms with Gasteiger partial charge in [0.25, 0.3) is 0 Å². The zero-order valence-electron chi connectivity index (χ0n) is 15.8. The molecule has 1 saturated heterocycles. The summed E-state index contributed by atoms with van der Waals surface area (Å²) in [4.78, 5) is 30.5. The molecule has 3 rings (SSSR count). The molecule has 9 heteroatoms. The molecule has 1 fully saturated rings. The molecule has 1 aliphatic heterocycles. The minimum atomic E-state index is -0.391. The van der Waals surface area contributed by atoms with Gasteiger partial charge in [0.1, 0.15) is 12.9 Å². The van der Waals surface area contributed by atoms with Crippen molar-refractivity contribution in [3.05, 3.63) is 42.2 Å². The summed E-state index contributed by atoms with van der Waals surface area (Å²) < 4.78 is 1.46. The first-order valence-electron chi connectivity index (χ1n) is 9.39. The number of rotatable bonds is 6. The van der Waals surface area contributed by atoms with Gasteiger partial charge in [-0.3, -0.25) is 14.9 Å². The van der Waals surface area contributed by atoms with Crippen LogP contribution in [0.1, 0.15) is 43.7 Å². The molecule has 28 heavy (non-hydrogen) atoms. The minimum Gasteiger partial charge on any atom is -0.341 e. The van der Waals surface area contributed by atoms with Gasteiger partial charge in [0.05, 0.1) is 0 Å². The standard InChI is InChI=1S/C19H26N6O2.ClH/c20-16(15-8-4-3-5-9-15)12-17(26)22-19-21-14-25(23-19)13-18(27)24-10-6-1-2-7-11-24;/h3-5,8-9,14,16H,1-2,6-7,10-13,20H2,(H,22,23,26);1H. The Balaban J connectivity index is 0.00000280. The third-order valence-corrected chi connectivity index (χ3v) is 4.68. The van der Waals surface area contributed by atoms with Gasteiger partial charge in [0.15, 0.2) is 0 Å². The lowest BCUT2D eigenvalue weighted by Gasteiger charge is -2.19. The fourth-order valence-electron chi connectivity index (χ4n) is 3.18. The van der Waals surface area contributed by atoms with E-state index in [-0.39, 0.29) is 43.1 Å². The molecule has 0 radical (unpaired) electrons. The quantitative estimate of drug-likeness (QED) is 0.764. The van der Waals surface area contributed by atoms with E-state index in [2.05, 4.69) is 15.4 Å². The highest BCUT2D eigenvalue weighted by Gasteiger charge is 2.17. The Morgan fingerprint density at radius 2 is 1.79 bits per heavy atom. The summed E-state index contributed by atoms with van der Waals surface area (Å²) >= 11 is 0. The van der Waals surface area contributed by atoms with Crippen LogP contribution in [0.2, 0.25) is 0 Å². The van der Waals surface area contributed by atoms with Crippen molar-refractivity contribution in [3.63, 3.8) is 0 Å². The zero-order valence-corrected chi connectivity index (χ0v) is 16.6. The molecule has 1 atom stereocenters. The maximum Gasteiger partial charge on any atom is 0.248 e. The molecule has 1 aliphatic rings. The van der Waals surface area contributed by atoms with E-state index >= 15 is 0 Å². The molecule has 2 amide bonds. The summed E-state index contributed by atoms with van der Waals surface area (Å²) in [7, 11) is 0. The van der Waals surface area contributed by atoms with E-state index in [1.807, 2.05) is 35.2 Å². The van der Waals surface area contributed by atoms with Gasteiger partial charge in [-0.15, -0.1) is 17.5 Å². The highest BCUT2D eigenvalue weighted by molar-refractivity contribution is 5.89. The number of carbonyl (C=O) groups is 2. The monoisotopic (exact) mass is 406 g/mol. The number of amides is 2. The summed E-state index contributed by atoms with van der Waals surface area (Å²) in [5, 5.41) is 6.81. The lowest BCUT2D eigenvalue weighted by molar-refractivity contribution is -0.132. The lowest BCUT2D eigenvalue weighted by atomic mass is 10.0. The number of aromatic nitrogens is 3. The first-order valence-corrected chi connectivity index (χ1v) is 9.39. The van der Waals surface area contributed by atoms with Crippen LogP contribution in [0.3, 0.4) is 0 Å². The van der Waals surface area contributed by atoms with Crippen LogP contribution in [0.15, 0.2) is 36.7 Å². The Bertz CT molecular complexity index is 759. The van der Waals surface area contributed by atoms with Gasteiger partial charge in [0.2, 0.25) is 17.8 Å². The average Bonchev–Trinajstić information content (AvgIpc) is 2.93. The number of carbonyl (C=O) groups excluding carboxylic acids is 2. The van der Waals surface area contributed by atoms with Crippen LogP contribution in [-0.2, 0) is 16.1 Å². The molecule has 2 aromatic rings. The zero-order chi connectivity index (χ0) is 19.1. The molecule has 8 nitrogen and oxygen atoms in total. The molecule has 3 N–H and O–H groups in total. The Hall–Kier alpha value is -2.45. The van der Waals surface area contributed by atoms with Gasteiger partial charge in [-0.25, -0.2) is 9.67 Å². The van der Waals surface area contributed by atoms with Gasteiger partial charge in [-0.05, 0) is 18.4 Å². The molecule has 0 aliphatic carbocycles. The number of hydrogen-bond donors (Lipinski definition) is 2. The number of nitrogens with two attached hydrogens (primary N) is 1. The van der Waals surface area contributed by atoms with Gasteiger partial charge >= 0.3 is 0 Å². The van der Waals surface area contributed by atoms with E-state index < -0.39 is 6.04 Å². The van der Waals surface area contributed by atoms with Gasteiger partial charge in [-0.1, -0.05) is 43.2 Å². The predicted octanol–water partition coefficient (Wildman–Crippen LogP) is 2.13. The van der Waals surface area contributed by atoms with Crippen LogP contribution >= 0.6 is 12.4 Å². The van der Waals surface area contributed by atoms with Gasteiger partial charge in [-0.2, -0.15) is 0 Å². The number of likely N-dealkylation sites (tertiary alicyclic amines) is 1. The second kappa shape index (κ2) is 10.8. The van der Waals surface area contributed by atoms with Gasteiger partial charge in [0, 0.05) is 25.6 Å². The van der Waals surface area contributed by atoms with Gasteiger partial charge < -0.3 is 10.6 Å². The van der Waals surface area contributed by atoms with Crippen molar-refractivity contribution >= 4 is 30.2 Å². The average molecular weight is 407 g/mol. The SMILES string of the molecule is Cl.NC(CC(=O)Nc1ncn(CC(=O)N2CCCCCC2)n1)c1ccccc1. The van der Waals surface area contributed by atoms with Crippen molar-refractivity contribution in [1.29, 1.82) is 0 Å². The van der Waals surface area contributed by atoms with Crippen LogP contribution in [0, 0.1) is 0 Å². The molecule has 0 bridgehead atoms. The second-order valence-corrected chi connectivity index (χ2v) is 6.83. The lowest BCUT2D eigenvalue weighted by Crippen LogP contribution is -2.34. The fraction of sp³-hybridized carbons (Fsp3) is 0.474. The Kier molecular flexibility index (Phi) is 8.41. The first kappa shape index (κ1) is 21.8. The topological polar surface area (TPSA) is 106 Å². The molecule has 1 unspecified atom stereocenters. The molecule has 0 spiro atoms. The number of nitrogens with one attached hydrogen (secondary N) is 1. The summed E-state index contributed by atoms with van der Waals surface area (Å²) in [5.41, 5.74) is 6.96. The second-order valence-electron chi connectivity index (χ2n) is 6.83. The van der Waals surface area contributed by atoms with E-state index in [4.69, 9.17) is 5.73 Å². The highest BCUT2D eigenvalue weighted by Crippen LogP contribution is 2.14. The molecular weight excluding hydrogens is 380 g/mol. The maximum absolute atomic E-state index is 12.4. The number of halogens is 1. The first-order chi connectivity index (χ1) is 13.1. The predicted molar refractivity (Wildman–Crippen MR) is 109 cm³/mol. The highest BCUT2D eigenvalue weighted by atomic mass is 35.5. The number of hydrogen-bond acceptors (Lipinski definition) is 5. The van der Waals surface area contributed by atoms with Crippen molar-refractivity contribution in [3.8, 4) is 0 Å². The molecule has 1 aromatic carbocycles. The number of benzene rings is 1. The van der Waals surface area contributed by atoms with Crippen molar-refractivity contribution in [2.75, 3.05) is 18.4 Å². The summed E-state index contributed by atoms with van der Waals surface area (Å²) in [5.74, 6) is -0.0438. The Labute approximate surface area is 170 Å². The van der Waals surface area contributed by atoms with Crippen LogP contribution in [0.4, 0.5) is 5.95 Å². The summed E-state index contributed by atoms with van der Waals surface area (Å²) in [6.45, 7) is 1.73. The third-order valence-electron chi connectivity index (χ3n) is 4.68. The van der Waals surface area contributed by atoms with E-state index in [1.165, 1.54) is 23.9 Å². The molecule has 2 heterocycles. The van der Waals surface area contributed by atoms with Crippen molar-refractivity contribution in [1.82, 2.24) is 19.7 Å². The van der Waals surface area contributed by atoms with Crippen LogP contribution in [0.5, 0.6) is 0 Å². The molecule has 0 saturated carbocycles. The molecule has 152 valence electrons. The number of nitrogens with zero attached hydrogens (tertiary/aromatic N) is 4. The van der Waals surface area contributed by atoms with Crippen LogP contribution in [0.25, 0.3) is 0 Å². The van der Waals surface area contributed by atoms with Crippen molar-refractivity contribution in [2.24, 2.45) is 5.73 Å². The van der Waals surface area contributed by atoms with Crippen molar-refractivity contribution < 1.29 is 9.59 Å². The largest absolute Gasteiger partial charge is 0.341 e. The normalized spacial score (nSPS) is 15.2. The summed E-state index contributed by atoms with van der Waals surface area (Å²) in [6, 6.07) is 9.06. The van der Waals surface area contributed by atoms with E-state index in [0.717, 1.165) is 31.5 Å². The maximum atomic E-state index is 12.4. The van der Waals surface area contributed by atoms with E-state index in [0.29, 0.717) is 0 Å². The van der Waals surface area contributed by atoms with E-state index in [1.54, 1.807) is 0 Å². The summed E-state index contributed by atoms with van der Waals surface area (Å²) in [6.07, 6.45) is 6.04. The smallest absolute Gasteiger partial charge is 0.248 e. The fourth-order valence-corrected chi connectivity index (χ4v) is 3.18. The van der Waals surface area contributed by atoms with Crippen molar-refractivity contribution in [2.45, 2.75) is 44.7 Å². The number of anilines is 1. The molecular formula is C19H27ClN6O2. The Morgan fingerprint density at radius 3 is 2.46 bits per heavy atom. The van der Waals surface area contributed by atoms with Crippen LogP contribution < -0.4 is 11.1 Å². The van der Waals surface area contributed by atoms with Crippen LogP contribution in [-0.4, -0.2) is 44.6 Å². The molecule has 1 aromatic heterocycles. The van der Waals surface area contributed by atoms with E-state index in [9.17, 15) is 9.59 Å². The minimum absolute atomic E-state index is 0. The Morgan fingerprint density at radius 1 is 1.11 bits per heavy atom.